The summed E-state index contributed by atoms with van der Waals surface area (Å²) < 4.78 is 11.6. The molecule has 0 amide bonds. The Morgan fingerprint density at radius 2 is 1.41 bits per heavy atom. The minimum Gasteiger partial charge on any atom is -0.456 e. The zero-order valence-electron chi connectivity index (χ0n) is 25.0. The van der Waals surface area contributed by atoms with Crippen molar-refractivity contribution < 1.29 is 4.42 Å². The van der Waals surface area contributed by atoms with E-state index in [9.17, 15) is 0 Å². The minimum atomic E-state index is -0.729. The average Bonchev–Trinajstić information content (AvgIpc) is 3.77. The number of amidine groups is 1. The second-order valence-electron chi connectivity index (χ2n) is 12.2. The van der Waals surface area contributed by atoms with Crippen molar-refractivity contribution in [1.29, 1.82) is 0 Å². The van der Waals surface area contributed by atoms with Crippen LogP contribution in [0.2, 0.25) is 0 Å². The van der Waals surface area contributed by atoms with E-state index >= 15 is 0 Å². The molecule has 2 N–H and O–H groups in total. The predicted molar refractivity (Wildman–Crippen MR) is 192 cm³/mol. The molecule has 46 heavy (non-hydrogen) atoms. The molecule has 6 aromatic carbocycles. The molecule has 3 aromatic heterocycles. The molecule has 0 saturated heterocycles. The van der Waals surface area contributed by atoms with Gasteiger partial charge < -0.3 is 14.3 Å². The molecule has 0 fully saturated rings. The molecule has 0 aliphatic carbocycles. The molecule has 1 aliphatic rings. The third-order valence-electron chi connectivity index (χ3n) is 9.42. The van der Waals surface area contributed by atoms with Gasteiger partial charge in [-0.05, 0) is 42.8 Å². The first-order chi connectivity index (χ1) is 22.6. The summed E-state index contributed by atoms with van der Waals surface area (Å²) in [5, 5.41) is 15.0. The van der Waals surface area contributed by atoms with Gasteiger partial charge in [0.2, 0.25) is 0 Å². The van der Waals surface area contributed by atoms with Crippen LogP contribution in [0, 0.1) is 0 Å². The van der Waals surface area contributed by atoms with Crippen LogP contribution in [0.3, 0.4) is 0 Å². The Morgan fingerprint density at radius 3 is 2.26 bits per heavy atom. The summed E-state index contributed by atoms with van der Waals surface area (Å²) in [5.74, 6) is 0.117. The van der Waals surface area contributed by atoms with Crippen LogP contribution in [-0.4, -0.2) is 10.4 Å². The number of aromatic nitrogens is 1. The second kappa shape index (κ2) is 9.54. The molecule has 9 aromatic rings. The Morgan fingerprint density at radius 1 is 0.674 bits per heavy atom. The summed E-state index contributed by atoms with van der Waals surface area (Å²) in [6, 6.07) is 47.1. The van der Waals surface area contributed by atoms with Gasteiger partial charge in [0, 0.05) is 53.3 Å². The first-order valence-electron chi connectivity index (χ1n) is 15.6. The zero-order chi connectivity index (χ0) is 30.4. The molecule has 6 heteroatoms. The van der Waals surface area contributed by atoms with Crippen molar-refractivity contribution in [1.82, 2.24) is 15.2 Å². The summed E-state index contributed by atoms with van der Waals surface area (Å²) in [6.45, 7) is 2.20. The lowest BCUT2D eigenvalue weighted by atomic mass is 10.1. The van der Waals surface area contributed by atoms with Gasteiger partial charge in [0.05, 0.1) is 11.0 Å². The molecular formula is C40H28N4OS. The molecule has 0 spiro atoms. The Kier molecular flexibility index (Phi) is 5.36. The van der Waals surface area contributed by atoms with E-state index in [1.807, 2.05) is 23.5 Å². The minimum absolute atomic E-state index is 0.255. The highest BCUT2D eigenvalue weighted by molar-refractivity contribution is 7.26. The number of nitrogens with zero attached hydrogens (tertiary/aromatic N) is 2. The third kappa shape index (κ3) is 3.68. The van der Waals surface area contributed by atoms with Crippen molar-refractivity contribution in [3.8, 4) is 0 Å². The summed E-state index contributed by atoms with van der Waals surface area (Å²) >= 11 is 1.84. The molecule has 4 heterocycles. The number of furan rings is 1. The number of nitrogens with one attached hydrogen (secondary N) is 2. The van der Waals surface area contributed by atoms with Gasteiger partial charge in [0.25, 0.3) is 0 Å². The van der Waals surface area contributed by atoms with E-state index in [1.165, 1.54) is 36.3 Å². The van der Waals surface area contributed by atoms with Crippen LogP contribution in [0.25, 0.3) is 63.9 Å². The highest BCUT2D eigenvalue weighted by Crippen LogP contribution is 2.45. The van der Waals surface area contributed by atoms with Crippen LogP contribution < -0.4 is 10.6 Å². The Hall–Kier alpha value is -5.43. The lowest BCUT2D eigenvalue weighted by molar-refractivity contribution is 0.189. The highest BCUT2D eigenvalue weighted by atomic mass is 32.1. The first-order valence-corrected chi connectivity index (χ1v) is 16.4. The van der Waals surface area contributed by atoms with E-state index < -0.39 is 5.79 Å². The molecule has 1 aliphatic heterocycles. The van der Waals surface area contributed by atoms with Gasteiger partial charge in [0.15, 0.2) is 5.79 Å². The number of thiophene rings is 1. The first kappa shape index (κ1) is 25.9. The van der Waals surface area contributed by atoms with Gasteiger partial charge in [-0.3, -0.25) is 5.32 Å². The van der Waals surface area contributed by atoms with Crippen molar-refractivity contribution in [3.63, 3.8) is 0 Å². The zero-order valence-corrected chi connectivity index (χ0v) is 25.8. The number of para-hydroxylation sites is 1. The van der Waals surface area contributed by atoms with E-state index in [2.05, 4.69) is 143 Å². The van der Waals surface area contributed by atoms with Gasteiger partial charge in [-0.15, -0.1) is 11.3 Å². The fourth-order valence-electron chi connectivity index (χ4n) is 7.37. The lowest BCUT2D eigenvalue weighted by Crippen LogP contribution is -2.61. The van der Waals surface area contributed by atoms with Crippen LogP contribution >= 0.6 is 11.3 Å². The normalized spacial score (nSPS) is 18.6. The maximum absolute atomic E-state index is 6.65. The fourth-order valence-corrected chi connectivity index (χ4v) is 8.62. The van der Waals surface area contributed by atoms with Crippen molar-refractivity contribution in [3.05, 3.63) is 145 Å². The quantitative estimate of drug-likeness (QED) is 0.209. The van der Waals surface area contributed by atoms with E-state index in [0.29, 0.717) is 0 Å². The van der Waals surface area contributed by atoms with Crippen LogP contribution in [0.5, 0.6) is 0 Å². The highest BCUT2D eigenvalue weighted by Gasteiger charge is 2.37. The second-order valence-corrected chi connectivity index (χ2v) is 13.3. The SMILES string of the molecule is CC1(n2c3ccccc3c3cc4c(cc32)oc2ccc3c5ccccc5sc3c24)NC(c2ccccc2)=NC(c2ccccc2)N1. The average molecular weight is 613 g/mol. The van der Waals surface area contributed by atoms with Gasteiger partial charge in [-0.1, -0.05) is 97.1 Å². The monoisotopic (exact) mass is 612 g/mol. The smallest absolute Gasteiger partial charge is 0.171 e. The van der Waals surface area contributed by atoms with Crippen LogP contribution in [0.4, 0.5) is 0 Å². The molecule has 0 saturated carbocycles. The van der Waals surface area contributed by atoms with E-state index in [0.717, 1.165) is 44.5 Å². The van der Waals surface area contributed by atoms with Crippen molar-refractivity contribution in [2.45, 2.75) is 18.9 Å². The fraction of sp³-hybridized carbons (Fsp3) is 0.0750. The predicted octanol–water partition coefficient (Wildman–Crippen LogP) is 10.0. The van der Waals surface area contributed by atoms with Crippen LogP contribution in [0.15, 0.2) is 143 Å². The maximum Gasteiger partial charge on any atom is 0.171 e. The van der Waals surface area contributed by atoms with E-state index in [1.54, 1.807) is 0 Å². The largest absolute Gasteiger partial charge is 0.456 e. The maximum atomic E-state index is 6.65. The molecule has 5 nitrogen and oxygen atoms in total. The van der Waals surface area contributed by atoms with E-state index in [4.69, 9.17) is 9.41 Å². The Labute approximate surface area is 268 Å². The summed E-state index contributed by atoms with van der Waals surface area (Å²) in [4.78, 5) is 5.18. The molecular weight excluding hydrogens is 585 g/mol. The number of aliphatic imine (C=N–C) groups is 1. The number of hydrogen-bond acceptors (Lipinski definition) is 5. The van der Waals surface area contributed by atoms with Crippen LogP contribution in [-0.2, 0) is 5.79 Å². The standard InChI is InChI=1S/C40H28N4OS/c1-40(42-38(24-12-4-2-5-13-24)41-39(43-40)25-14-6-3-7-15-25)44-31-18-10-8-16-26(31)29-22-30-34(23-32(29)44)45-33-21-20-28-27-17-9-11-19-35(27)46-37(28)36(30)33/h2-23,38,42H,1H3,(H,41,43). The van der Waals surface area contributed by atoms with Crippen molar-refractivity contribution >= 4 is 81.1 Å². The molecule has 2 atom stereocenters. The Balaban J connectivity index is 1.24. The van der Waals surface area contributed by atoms with Crippen molar-refractivity contribution in [2.24, 2.45) is 4.99 Å². The summed E-state index contributed by atoms with van der Waals surface area (Å²) in [7, 11) is 0. The number of fused-ring (bicyclic) bond motifs is 10. The third-order valence-corrected chi connectivity index (χ3v) is 10.6. The lowest BCUT2D eigenvalue weighted by Gasteiger charge is -2.42. The summed E-state index contributed by atoms with van der Waals surface area (Å²) in [5.41, 5.74) is 6.17. The molecule has 0 bridgehead atoms. The number of rotatable bonds is 3. The summed E-state index contributed by atoms with van der Waals surface area (Å²) in [6.07, 6.45) is -0.255. The topological polar surface area (TPSA) is 54.5 Å². The van der Waals surface area contributed by atoms with Crippen LogP contribution in [0.1, 0.15) is 24.2 Å². The molecule has 2 unspecified atom stereocenters. The number of benzene rings is 6. The van der Waals surface area contributed by atoms with Gasteiger partial charge in [0.1, 0.15) is 23.2 Å². The molecule has 0 radical (unpaired) electrons. The van der Waals surface area contributed by atoms with E-state index in [-0.39, 0.29) is 6.17 Å². The van der Waals surface area contributed by atoms with Gasteiger partial charge in [-0.25, -0.2) is 4.99 Å². The molecule has 220 valence electrons. The Bertz CT molecular complexity index is 2670. The van der Waals surface area contributed by atoms with Gasteiger partial charge in [-0.2, -0.15) is 0 Å². The van der Waals surface area contributed by atoms with Gasteiger partial charge >= 0.3 is 0 Å². The van der Waals surface area contributed by atoms with Crippen molar-refractivity contribution in [2.75, 3.05) is 0 Å². The number of hydrogen-bond donors (Lipinski definition) is 2. The molecule has 10 rings (SSSR count).